The van der Waals surface area contributed by atoms with Crippen LogP contribution in [0.5, 0.6) is 5.75 Å². The molecule has 0 fully saturated rings. The number of benzene rings is 1. The number of anilines is 1. The maximum Gasteiger partial charge on any atom is 0.254 e. The zero-order valence-electron chi connectivity index (χ0n) is 12.4. The van der Waals surface area contributed by atoms with Gasteiger partial charge in [-0.15, -0.1) is 6.58 Å². The zero-order chi connectivity index (χ0) is 15.8. The summed E-state index contributed by atoms with van der Waals surface area (Å²) in [6.45, 7) is 4.48. The Labute approximate surface area is 129 Å². The van der Waals surface area contributed by atoms with Gasteiger partial charge in [0.05, 0.1) is 12.7 Å². The van der Waals surface area contributed by atoms with Gasteiger partial charge in [0.15, 0.2) is 0 Å². The van der Waals surface area contributed by atoms with Crippen molar-refractivity contribution in [3.05, 3.63) is 60.4 Å². The van der Waals surface area contributed by atoms with E-state index in [0.29, 0.717) is 24.6 Å². The van der Waals surface area contributed by atoms with Crippen LogP contribution in [-0.2, 0) is 6.54 Å². The molecule has 6 heteroatoms. The summed E-state index contributed by atoms with van der Waals surface area (Å²) in [6.07, 6.45) is 4.58. The van der Waals surface area contributed by atoms with Gasteiger partial charge in [-0.1, -0.05) is 24.3 Å². The normalized spacial score (nSPS) is 9.86. The van der Waals surface area contributed by atoms with Crippen LogP contribution in [0.4, 0.5) is 5.95 Å². The molecule has 0 bridgehead atoms. The molecular weight excluding hydrogens is 280 g/mol. The van der Waals surface area contributed by atoms with Gasteiger partial charge in [-0.25, -0.2) is 9.97 Å². The van der Waals surface area contributed by atoms with E-state index in [-0.39, 0.29) is 5.91 Å². The topological polar surface area (TPSA) is 76.1 Å². The van der Waals surface area contributed by atoms with Crippen LogP contribution in [-0.4, -0.2) is 29.5 Å². The van der Waals surface area contributed by atoms with Gasteiger partial charge in [-0.05, 0) is 6.07 Å². The van der Waals surface area contributed by atoms with Crippen molar-refractivity contribution in [2.24, 2.45) is 0 Å². The van der Waals surface area contributed by atoms with Gasteiger partial charge in [-0.2, -0.15) is 0 Å². The number of ether oxygens (including phenoxy) is 1. The molecule has 0 spiro atoms. The number of para-hydroxylation sites is 1. The van der Waals surface area contributed by atoms with Gasteiger partial charge in [0.1, 0.15) is 5.75 Å². The molecule has 0 atom stereocenters. The highest BCUT2D eigenvalue weighted by molar-refractivity contribution is 5.93. The van der Waals surface area contributed by atoms with Crippen LogP contribution >= 0.6 is 0 Å². The second-order valence-corrected chi connectivity index (χ2v) is 4.46. The quantitative estimate of drug-likeness (QED) is 0.765. The van der Waals surface area contributed by atoms with Crippen LogP contribution < -0.4 is 15.4 Å². The van der Waals surface area contributed by atoms with Crippen molar-refractivity contribution in [1.29, 1.82) is 0 Å². The third-order valence-corrected chi connectivity index (χ3v) is 2.95. The lowest BCUT2D eigenvalue weighted by Gasteiger charge is -2.09. The number of aromatic nitrogens is 2. The fourth-order valence-electron chi connectivity index (χ4n) is 1.83. The first-order chi connectivity index (χ1) is 10.7. The molecule has 6 nitrogen and oxygen atoms in total. The molecule has 0 unspecified atom stereocenters. The number of nitrogens with one attached hydrogen (secondary N) is 2. The molecule has 22 heavy (non-hydrogen) atoms. The lowest BCUT2D eigenvalue weighted by atomic mass is 10.2. The maximum atomic E-state index is 11.7. The third kappa shape index (κ3) is 4.05. The summed E-state index contributed by atoms with van der Waals surface area (Å²) in [5.41, 5.74) is 1.41. The van der Waals surface area contributed by atoms with E-state index in [9.17, 15) is 4.79 Å². The van der Waals surface area contributed by atoms with Gasteiger partial charge >= 0.3 is 0 Å². The Balaban J connectivity index is 1.96. The first kappa shape index (κ1) is 15.5. The zero-order valence-corrected chi connectivity index (χ0v) is 12.4. The van der Waals surface area contributed by atoms with Crippen LogP contribution in [0.1, 0.15) is 15.9 Å². The molecule has 1 heterocycles. The number of amides is 1. The lowest BCUT2D eigenvalue weighted by molar-refractivity contribution is 0.0957. The summed E-state index contributed by atoms with van der Waals surface area (Å²) in [4.78, 5) is 20.0. The Morgan fingerprint density at radius 2 is 2.05 bits per heavy atom. The van der Waals surface area contributed by atoms with E-state index in [2.05, 4.69) is 27.2 Å². The van der Waals surface area contributed by atoms with E-state index in [0.717, 1.165) is 11.3 Å². The Kier molecular flexibility index (Phi) is 5.48. The van der Waals surface area contributed by atoms with Crippen molar-refractivity contribution >= 4 is 11.9 Å². The number of methoxy groups -OCH3 is 1. The van der Waals surface area contributed by atoms with E-state index >= 15 is 0 Å². The minimum absolute atomic E-state index is 0.226. The molecule has 2 rings (SSSR count). The van der Waals surface area contributed by atoms with E-state index in [1.807, 2.05) is 24.3 Å². The second kappa shape index (κ2) is 7.78. The number of rotatable bonds is 7. The van der Waals surface area contributed by atoms with Crippen LogP contribution in [0.15, 0.2) is 49.3 Å². The molecule has 0 saturated heterocycles. The maximum absolute atomic E-state index is 11.7. The monoisotopic (exact) mass is 298 g/mol. The Hall–Kier alpha value is -2.89. The molecule has 2 N–H and O–H groups in total. The lowest BCUT2D eigenvalue weighted by Crippen LogP contribution is -2.23. The fraction of sp³-hybridized carbons (Fsp3) is 0.188. The van der Waals surface area contributed by atoms with E-state index < -0.39 is 0 Å². The molecule has 0 saturated carbocycles. The van der Waals surface area contributed by atoms with E-state index in [1.54, 1.807) is 13.2 Å². The van der Waals surface area contributed by atoms with E-state index in [1.165, 1.54) is 12.4 Å². The van der Waals surface area contributed by atoms with Gasteiger partial charge < -0.3 is 15.4 Å². The smallest absolute Gasteiger partial charge is 0.254 e. The van der Waals surface area contributed by atoms with Crippen LogP contribution in [0.3, 0.4) is 0 Å². The van der Waals surface area contributed by atoms with Crippen LogP contribution in [0.2, 0.25) is 0 Å². The van der Waals surface area contributed by atoms with Gasteiger partial charge in [0.25, 0.3) is 5.91 Å². The second-order valence-electron chi connectivity index (χ2n) is 4.46. The van der Waals surface area contributed by atoms with Crippen molar-refractivity contribution in [2.45, 2.75) is 6.54 Å². The summed E-state index contributed by atoms with van der Waals surface area (Å²) in [7, 11) is 1.63. The average molecular weight is 298 g/mol. The molecule has 1 aromatic heterocycles. The number of hydrogen-bond donors (Lipinski definition) is 2. The molecule has 0 radical (unpaired) electrons. The highest BCUT2D eigenvalue weighted by atomic mass is 16.5. The standard InChI is InChI=1S/C16H18N4O2/c1-3-8-17-15(21)13-10-19-16(20-11-13)18-9-12-6-4-5-7-14(12)22-2/h3-7,10-11H,1,8-9H2,2H3,(H,17,21)(H,18,19,20). The first-order valence-electron chi connectivity index (χ1n) is 6.81. The van der Waals surface area contributed by atoms with Gasteiger partial charge in [0, 0.05) is 31.0 Å². The van der Waals surface area contributed by atoms with Crippen LogP contribution in [0.25, 0.3) is 0 Å². The molecule has 2 aromatic rings. The summed E-state index contributed by atoms with van der Waals surface area (Å²) < 4.78 is 5.28. The Bertz CT molecular complexity index is 641. The third-order valence-electron chi connectivity index (χ3n) is 2.95. The van der Waals surface area contributed by atoms with Crippen molar-refractivity contribution in [3.63, 3.8) is 0 Å². The molecule has 114 valence electrons. The predicted molar refractivity (Wildman–Crippen MR) is 84.9 cm³/mol. The van der Waals surface area contributed by atoms with Crippen molar-refractivity contribution in [1.82, 2.24) is 15.3 Å². The summed E-state index contributed by atoms with van der Waals surface area (Å²) >= 11 is 0. The number of carbonyl (C=O) groups excluding carboxylic acids is 1. The Morgan fingerprint density at radius 1 is 1.32 bits per heavy atom. The molecular formula is C16H18N4O2. The molecule has 0 aliphatic rings. The van der Waals surface area contributed by atoms with Crippen molar-refractivity contribution < 1.29 is 9.53 Å². The summed E-state index contributed by atoms with van der Waals surface area (Å²) in [5.74, 6) is 1.03. The predicted octanol–water partition coefficient (Wildman–Crippen LogP) is 2.01. The van der Waals surface area contributed by atoms with Crippen LogP contribution in [0, 0.1) is 0 Å². The molecule has 1 aromatic carbocycles. The van der Waals surface area contributed by atoms with Crippen molar-refractivity contribution in [2.75, 3.05) is 19.0 Å². The molecule has 0 aliphatic carbocycles. The number of nitrogens with zero attached hydrogens (tertiary/aromatic N) is 2. The van der Waals surface area contributed by atoms with Gasteiger partial charge in [-0.3, -0.25) is 4.79 Å². The van der Waals surface area contributed by atoms with E-state index in [4.69, 9.17) is 4.74 Å². The first-order valence-corrected chi connectivity index (χ1v) is 6.81. The summed E-state index contributed by atoms with van der Waals surface area (Å²) in [5, 5.41) is 5.76. The SMILES string of the molecule is C=CCNC(=O)c1cnc(NCc2ccccc2OC)nc1. The molecule has 0 aliphatic heterocycles. The van der Waals surface area contributed by atoms with Crippen molar-refractivity contribution in [3.8, 4) is 5.75 Å². The minimum atomic E-state index is -0.226. The highest BCUT2D eigenvalue weighted by Crippen LogP contribution is 2.17. The minimum Gasteiger partial charge on any atom is -0.496 e. The average Bonchev–Trinajstić information content (AvgIpc) is 2.58. The highest BCUT2D eigenvalue weighted by Gasteiger charge is 2.06. The summed E-state index contributed by atoms with van der Waals surface area (Å²) in [6, 6.07) is 7.71. The fourth-order valence-corrected chi connectivity index (χ4v) is 1.83. The number of carbonyl (C=O) groups is 1. The Morgan fingerprint density at radius 3 is 2.73 bits per heavy atom. The molecule has 1 amide bonds. The number of hydrogen-bond acceptors (Lipinski definition) is 5. The van der Waals surface area contributed by atoms with Gasteiger partial charge in [0.2, 0.25) is 5.95 Å². The largest absolute Gasteiger partial charge is 0.496 e.